The molecule has 0 saturated heterocycles. The lowest BCUT2D eigenvalue weighted by Crippen LogP contribution is -2.11. The van der Waals surface area contributed by atoms with Crippen molar-refractivity contribution < 1.29 is 14.3 Å². The van der Waals surface area contributed by atoms with E-state index in [4.69, 9.17) is 14.3 Å². The van der Waals surface area contributed by atoms with Crippen LogP contribution in [0.5, 0.6) is 5.75 Å². The van der Waals surface area contributed by atoms with Crippen molar-refractivity contribution in [2.75, 3.05) is 20.8 Å². The first-order valence-corrected chi connectivity index (χ1v) is 6.69. The minimum atomic E-state index is 0.384. The lowest BCUT2D eigenvalue weighted by Gasteiger charge is -2.08. The molecule has 0 N–H and O–H groups in total. The Kier molecular flexibility index (Phi) is 5.79. The quantitative estimate of drug-likeness (QED) is 0.579. The van der Waals surface area contributed by atoms with Crippen LogP contribution in [-0.2, 0) is 16.2 Å². The maximum Gasteiger partial charge on any atom is 0.119 e. The van der Waals surface area contributed by atoms with Crippen LogP contribution in [0.25, 0.3) is 0 Å². The molecule has 0 atom stereocenters. The largest absolute Gasteiger partial charge is 0.497 e. The molecule has 2 rings (SSSR count). The molecule has 0 aromatic heterocycles. The Balaban J connectivity index is 1.95. The molecule has 4 heteroatoms. The summed E-state index contributed by atoms with van der Waals surface area (Å²) in [4.78, 5) is 4.89. The number of methoxy groups -OCH3 is 1. The molecule has 4 nitrogen and oxygen atoms in total. The Morgan fingerprint density at radius 1 is 1.00 bits per heavy atom. The van der Waals surface area contributed by atoms with Gasteiger partial charge in [0.05, 0.1) is 20.3 Å². The van der Waals surface area contributed by atoms with Crippen LogP contribution in [0.15, 0.2) is 59.8 Å². The lowest BCUT2D eigenvalue weighted by atomic mass is 10.1. The topological polar surface area (TPSA) is 40.0 Å². The van der Waals surface area contributed by atoms with Crippen molar-refractivity contribution in [3.05, 3.63) is 65.7 Å². The van der Waals surface area contributed by atoms with Crippen molar-refractivity contribution in [3.63, 3.8) is 0 Å². The number of ether oxygens (including phenoxy) is 2. The third-order valence-electron chi connectivity index (χ3n) is 2.95. The van der Waals surface area contributed by atoms with Crippen molar-refractivity contribution in [1.82, 2.24) is 0 Å². The van der Waals surface area contributed by atoms with E-state index in [-0.39, 0.29) is 0 Å². The zero-order valence-electron chi connectivity index (χ0n) is 12.3. The minimum Gasteiger partial charge on any atom is -0.497 e. The van der Waals surface area contributed by atoms with Gasteiger partial charge in [-0.25, -0.2) is 0 Å². The van der Waals surface area contributed by atoms with Crippen LogP contribution in [0.2, 0.25) is 0 Å². The van der Waals surface area contributed by atoms with Crippen LogP contribution < -0.4 is 4.74 Å². The molecule has 0 radical (unpaired) electrons. The zero-order chi connectivity index (χ0) is 14.9. The fourth-order valence-electron chi connectivity index (χ4n) is 1.93. The lowest BCUT2D eigenvalue weighted by molar-refractivity contribution is 0.151. The SMILES string of the molecule is CON=C(COCc1cccc(OC)c1)c1ccccc1. The van der Waals surface area contributed by atoms with Crippen LogP contribution in [-0.4, -0.2) is 26.5 Å². The summed E-state index contributed by atoms with van der Waals surface area (Å²) in [6.45, 7) is 0.877. The van der Waals surface area contributed by atoms with Gasteiger partial charge in [0.25, 0.3) is 0 Å². The molecule has 0 heterocycles. The van der Waals surface area contributed by atoms with Crippen molar-refractivity contribution in [1.29, 1.82) is 0 Å². The number of nitrogens with zero attached hydrogens (tertiary/aromatic N) is 1. The van der Waals surface area contributed by atoms with E-state index in [1.54, 1.807) is 7.11 Å². The van der Waals surface area contributed by atoms with Gasteiger partial charge in [-0.3, -0.25) is 0 Å². The second kappa shape index (κ2) is 8.07. The van der Waals surface area contributed by atoms with E-state index in [9.17, 15) is 0 Å². The molecular formula is C17H19NO3. The van der Waals surface area contributed by atoms with E-state index in [0.717, 1.165) is 22.6 Å². The highest BCUT2D eigenvalue weighted by molar-refractivity contribution is 6.01. The predicted molar refractivity (Wildman–Crippen MR) is 82.6 cm³/mol. The zero-order valence-corrected chi connectivity index (χ0v) is 12.3. The average Bonchev–Trinajstić information content (AvgIpc) is 2.55. The summed E-state index contributed by atoms with van der Waals surface area (Å²) in [5, 5.41) is 4.03. The Morgan fingerprint density at radius 2 is 1.81 bits per heavy atom. The number of hydrogen-bond donors (Lipinski definition) is 0. The molecule has 0 aliphatic carbocycles. The van der Waals surface area contributed by atoms with Gasteiger partial charge in [0, 0.05) is 5.56 Å². The van der Waals surface area contributed by atoms with E-state index in [1.165, 1.54) is 7.11 Å². The highest BCUT2D eigenvalue weighted by Gasteiger charge is 2.05. The van der Waals surface area contributed by atoms with Crippen LogP contribution in [0, 0.1) is 0 Å². The van der Waals surface area contributed by atoms with Gasteiger partial charge in [0.1, 0.15) is 18.6 Å². The minimum absolute atomic E-state index is 0.384. The van der Waals surface area contributed by atoms with E-state index in [2.05, 4.69) is 5.16 Å². The fraction of sp³-hybridized carbons (Fsp3) is 0.235. The molecule has 0 aliphatic heterocycles. The maximum atomic E-state index is 5.72. The first-order chi connectivity index (χ1) is 10.3. The first kappa shape index (κ1) is 15.1. The van der Waals surface area contributed by atoms with E-state index in [0.29, 0.717) is 13.2 Å². The second-order valence-corrected chi connectivity index (χ2v) is 4.43. The van der Waals surface area contributed by atoms with E-state index < -0.39 is 0 Å². The first-order valence-electron chi connectivity index (χ1n) is 6.69. The Morgan fingerprint density at radius 3 is 2.52 bits per heavy atom. The van der Waals surface area contributed by atoms with Gasteiger partial charge in [0.15, 0.2) is 0 Å². The van der Waals surface area contributed by atoms with Crippen molar-refractivity contribution in [2.45, 2.75) is 6.61 Å². The van der Waals surface area contributed by atoms with Gasteiger partial charge >= 0.3 is 0 Å². The molecule has 0 spiro atoms. The molecular weight excluding hydrogens is 266 g/mol. The summed E-state index contributed by atoms with van der Waals surface area (Å²) in [7, 11) is 3.18. The summed E-state index contributed by atoms with van der Waals surface area (Å²) in [5.41, 5.74) is 2.81. The number of benzene rings is 2. The van der Waals surface area contributed by atoms with Crippen molar-refractivity contribution in [2.24, 2.45) is 5.16 Å². The predicted octanol–water partition coefficient (Wildman–Crippen LogP) is 3.26. The number of rotatable bonds is 7. The van der Waals surface area contributed by atoms with Crippen LogP contribution >= 0.6 is 0 Å². The molecule has 0 unspecified atom stereocenters. The molecule has 2 aromatic rings. The van der Waals surface area contributed by atoms with Gasteiger partial charge in [-0.1, -0.05) is 47.6 Å². The molecule has 21 heavy (non-hydrogen) atoms. The second-order valence-electron chi connectivity index (χ2n) is 4.43. The summed E-state index contributed by atoms with van der Waals surface area (Å²) in [6.07, 6.45) is 0. The van der Waals surface area contributed by atoms with Crippen LogP contribution in [0.1, 0.15) is 11.1 Å². The van der Waals surface area contributed by atoms with E-state index in [1.807, 2.05) is 54.6 Å². The maximum absolute atomic E-state index is 5.72. The monoisotopic (exact) mass is 285 g/mol. The summed E-state index contributed by atoms with van der Waals surface area (Å²) >= 11 is 0. The van der Waals surface area contributed by atoms with Gasteiger partial charge in [-0.15, -0.1) is 0 Å². The molecule has 0 fully saturated rings. The standard InChI is InChI=1S/C17H19NO3/c1-19-16-10-6-7-14(11-16)12-21-13-17(18-20-2)15-8-4-3-5-9-15/h3-11H,12-13H2,1-2H3. The van der Waals surface area contributed by atoms with Crippen molar-refractivity contribution in [3.8, 4) is 5.75 Å². The van der Waals surface area contributed by atoms with Crippen LogP contribution in [0.4, 0.5) is 0 Å². The number of oxime groups is 1. The molecule has 2 aromatic carbocycles. The van der Waals surface area contributed by atoms with Gasteiger partial charge in [-0.05, 0) is 17.7 Å². The summed E-state index contributed by atoms with van der Waals surface area (Å²) < 4.78 is 10.9. The van der Waals surface area contributed by atoms with Gasteiger partial charge in [-0.2, -0.15) is 0 Å². The smallest absolute Gasteiger partial charge is 0.119 e. The Bertz CT molecular complexity index is 582. The molecule has 0 amide bonds. The molecule has 0 bridgehead atoms. The average molecular weight is 285 g/mol. The van der Waals surface area contributed by atoms with E-state index >= 15 is 0 Å². The van der Waals surface area contributed by atoms with Gasteiger partial charge in [0.2, 0.25) is 0 Å². The highest BCUT2D eigenvalue weighted by atomic mass is 16.6. The third-order valence-corrected chi connectivity index (χ3v) is 2.95. The normalized spacial score (nSPS) is 11.2. The van der Waals surface area contributed by atoms with Crippen LogP contribution in [0.3, 0.4) is 0 Å². The molecule has 0 saturated carbocycles. The Labute approximate surface area is 125 Å². The molecule has 0 aliphatic rings. The third kappa shape index (κ3) is 4.61. The Hall–Kier alpha value is -2.33. The fourth-order valence-corrected chi connectivity index (χ4v) is 1.93. The highest BCUT2D eigenvalue weighted by Crippen LogP contribution is 2.13. The van der Waals surface area contributed by atoms with Gasteiger partial charge < -0.3 is 14.3 Å². The number of hydrogen-bond acceptors (Lipinski definition) is 4. The van der Waals surface area contributed by atoms with Crippen molar-refractivity contribution >= 4 is 5.71 Å². The summed E-state index contributed by atoms with van der Waals surface area (Å²) in [5.74, 6) is 0.824. The summed E-state index contributed by atoms with van der Waals surface area (Å²) in [6, 6.07) is 17.6. The molecule has 110 valence electrons.